The molecule has 1 aromatic carbocycles. The molecule has 8 nitrogen and oxygen atoms in total. The van der Waals surface area contributed by atoms with Crippen molar-refractivity contribution < 1.29 is 4.74 Å². The Balaban J connectivity index is 1.44. The first kappa shape index (κ1) is 19.0. The summed E-state index contributed by atoms with van der Waals surface area (Å²) in [6.45, 7) is 5.63. The Labute approximate surface area is 158 Å². The number of methoxy groups -OCH3 is 1. The zero-order valence-electron chi connectivity index (χ0n) is 15.9. The Kier molecular flexibility index (Phi) is 6.18. The van der Waals surface area contributed by atoms with Gasteiger partial charge in [-0.05, 0) is 25.1 Å². The number of aromatic amines is 1. The van der Waals surface area contributed by atoms with Crippen LogP contribution in [0.25, 0.3) is 0 Å². The van der Waals surface area contributed by atoms with Crippen molar-refractivity contribution >= 4 is 11.5 Å². The molecule has 146 valence electrons. The van der Waals surface area contributed by atoms with Crippen LogP contribution >= 0.6 is 0 Å². The Morgan fingerprint density at radius 2 is 1.89 bits per heavy atom. The van der Waals surface area contributed by atoms with E-state index in [0.717, 1.165) is 50.6 Å². The molecule has 0 saturated carbocycles. The van der Waals surface area contributed by atoms with Gasteiger partial charge >= 0.3 is 5.69 Å². The summed E-state index contributed by atoms with van der Waals surface area (Å²) in [5.74, 6) is 1.46. The summed E-state index contributed by atoms with van der Waals surface area (Å²) in [6, 6.07) is 9.53. The average Bonchev–Trinajstić information content (AvgIpc) is 2.69. The summed E-state index contributed by atoms with van der Waals surface area (Å²) in [4.78, 5) is 30.0. The van der Waals surface area contributed by atoms with E-state index in [2.05, 4.69) is 26.2 Å². The number of ether oxygens (including phenoxy) is 1. The van der Waals surface area contributed by atoms with Crippen molar-refractivity contribution in [2.45, 2.75) is 6.42 Å². The molecule has 0 unspecified atom stereocenters. The van der Waals surface area contributed by atoms with E-state index < -0.39 is 5.69 Å². The number of para-hydroxylation sites is 2. The molecule has 2 aromatic rings. The average molecular weight is 373 g/mol. The van der Waals surface area contributed by atoms with E-state index in [0.29, 0.717) is 12.4 Å². The molecule has 3 rings (SSSR count). The van der Waals surface area contributed by atoms with Crippen LogP contribution in [0.5, 0.6) is 5.75 Å². The number of anilines is 2. The van der Waals surface area contributed by atoms with Gasteiger partial charge in [-0.25, -0.2) is 4.79 Å². The topological polar surface area (TPSA) is 82.6 Å². The highest BCUT2D eigenvalue weighted by Crippen LogP contribution is 2.28. The molecule has 8 heteroatoms. The highest BCUT2D eigenvalue weighted by Gasteiger charge is 2.19. The molecular weight excluding hydrogens is 346 g/mol. The summed E-state index contributed by atoms with van der Waals surface area (Å²) in [5, 5.41) is 3.17. The number of hydrogen-bond acceptors (Lipinski definition) is 6. The van der Waals surface area contributed by atoms with Gasteiger partial charge in [0.05, 0.1) is 12.8 Å². The van der Waals surface area contributed by atoms with E-state index >= 15 is 0 Å². The maximum Gasteiger partial charge on any atom is 0.329 e. The van der Waals surface area contributed by atoms with E-state index in [1.807, 2.05) is 18.2 Å². The first-order chi connectivity index (χ1) is 13.1. The van der Waals surface area contributed by atoms with Crippen LogP contribution in [0, 0.1) is 0 Å². The van der Waals surface area contributed by atoms with Crippen LogP contribution in [-0.4, -0.2) is 60.8 Å². The van der Waals surface area contributed by atoms with Crippen molar-refractivity contribution in [2.75, 3.05) is 56.6 Å². The van der Waals surface area contributed by atoms with E-state index in [-0.39, 0.29) is 5.56 Å². The Hall–Kier alpha value is -2.74. The predicted molar refractivity (Wildman–Crippen MR) is 107 cm³/mol. The van der Waals surface area contributed by atoms with Gasteiger partial charge in [0.25, 0.3) is 5.56 Å². The van der Waals surface area contributed by atoms with Crippen molar-refractivity contribution in [3.63, 3.8) is 0 Å². The van der Waals surface area contributed by atoms with Crippen LogP contribution in [0.3, 0.4) is 0 Å². The second-order valence-electron chi connectivity index (χ2n) is 6.66. The summed E-state index contributed by atoms with van der Waals surface area (Å²) in [5.41, 5.74) is 0.363. The second-order valence-corrected chi connectivity index (χ2v) is 6.66. The molecule has 2 heterocycles. The first-order valence-corrected chi connectivity index (χ1v) is 9.23. The van der Waals surface area contributed by atoms with Gasteiger partial charge in [-0.15, -0.1) is 0 Å². The van der Waals surface area contributed by atoms with Gasteiger partial charge in [0, 0.05) is 45.8 Å². The molecule has 0 amide bonds. The van der Waals surface area contributed by atoms with E-state index in [4.69, 9.17) is 4.74 Å². The van der Waals surface area contributed by atoms with Crippen LogP contribution in [-0.2, 0) is 7.05 Å². The van der Waals surface area contributed by atoms with Gasteiger partial charge in [0.2, 0.25) is 0 Å². The molecule has 0 radical (unpaired) electrons. The number of piperazine rings is 1. The van der Waals surface area contributed by atoms with Crippen molar-refractivity contribution in [3.8, 4) is 5.75 Å². The molecule has 0 spiro atoms. The number of nitrogens with zero attached hydrogens (tertiary/aromatic N) is 3. The van der Waals surface area contributed by atoms with Crippen LogP contribution in [0.2, 0.25) is 0 Å². The van der Waals surface area contributed by atoms with Gasteiger partial charge in [0.15, 0.2) is 0 Å². The lowest BCUT2D eigenvalue weighted by atomic mass is 10.2. The van der Waals surface area contributed by atoms with Gasteiger partial charge in [-0.2, -0.15) is 0 Å². The molecule has 1 aromatic heterocycles. The third-order valence-corrected chi connectivity index (χ3v) is 4.92. The number of nitrogens with one attached hydrogen (secondary N) is 2. The molecule has 0 atom stereocenters. The normalized spacial score (nSPS) is 15.0. The van der Waals surface area contributed by atoms with Crippen molar-refractivity contribution in [2.24, 2.45) is 7.05 Å². The minimum Gasteiger partial charge on any atom is -0.495 e. The van der Waals surface area contributed by atoms with Gasteiger partial charge in [-0.1, -0.05) is 12.1 Å². The lowest BCUT2D eigenvalue weighted by Gasteiger charge is -2.36. The Morgan fingerprint density at radius 3 is 2.63 bits per heavy atom. The summed E-state index contributed by atoms with van der Waals surface area (Å²) in [6.07, 6.45) is 0.940. The third kappa shape index (κ3) is 4.71. The maximum absolute atomic E-state index is 11.6. The number of benzene rings is 1. The van der Waals surface area contributed by atoms with Gasteiger partial charge in [0.1, 0.15) is 11.6 Å². The number of rotatable bonds is 7. The zero-order valence-corrected chi connectivity index (χ0v) is 15.9. The van der Waals surface area contributed by atoms with Crippen molar-refractivity contribution in [1.29, 1.82) is 0 Å². The van der Waals surface area contributed by atoms with Crippen LogP contribution in [0.15, 0.2) is 39.9 Å². The fourth-order valence-corrected chi connectivity index (χ4v) is 3.35. The molecule has 2 N–H and O–H groups in total. The molecule has 0 aliphatic carbocycles. The number of hydrogen-bond donors (Lipinski definition) is 2. The van der Waals surface area contributed by atoms with Crippen molar-refractivity contribution in [3.05, 3.63) is 51.2 Å². The minimum atomic E-state index is -0.405. The maximum atomic E-state index is 11.6. The van der Waals surface area contributed by atoms with Gasteiger partial charge in [-0.3, -0.25) is 19.2 Å². The number of H-pyrrole nitrogens is 1. The highest BCUT2D eigenvalue weighted by atomic mass is 16.5. The molecule has 1 aliphatic heterocycles. The standard InChI is InChI=1S/C19H27N5O3/c1-22-17(14-18(25)21-19(22)26)20-8-5-9-23-10-12-24(13-11-23)15-6-3-4-7-16(15)27-2/h3-4,6-7,14,20H,5,8-13H2,1-2H3,(H,21,25,26). The first-order valence-electron chi connectivity index (χ1n) is 9.23. The fourth-order valence-electron chi connectivity index (χ4n) is 3.35. The molecule has 27 heavy (non-hydrogen) atoms. The predicted octanol–water partition coefficient (Wildman–Crippen LogP) is 0.706. The largest absolute Gasteiger partial charge is 0.495 e. The molecule has 0 bridgehead atoms. The van der Waals surface area contributed by atoms with Crippen LogP contribution < -0.4 is 26.2 Å². The highest BCUT2D eigenvalue weighted by molar-refractivity contribution is 5.58. The molecular formula is C19H27N5O3. The summed E-state index contributed by atoms with van der Waals surface area (Å²) in [7, 11) is 3.34. The van der Waals surface area contributed by atoms with E-state index in [1.54, 1.807) is 14.2 Å². The smallest absolute Gasteiger partial charge is 0.329 e. The molecule has 1 saturated heterocycles. The lowest BCUT2D eigenvalue weighted by Crippen LogP contribution is -2.47. The Morgan fingerprint density at radius 1 is 1.15 bits per heavy atom. The summed E-state index contributed by atoms with van der Waals surface area (Å²) < 4.78 is 6.87. The molecule has 1 aliphatic rings. The summed E-state index contributed by atoms with van der Waals surface area (Å²) >= 11 is 0. The van der Waals surface area contributed by atoms with Crippen molar-refractivity contribution in [1.82, 2.24) is 14.5 Å². The SMILES string of the molecule is COc1ccccc1N1CCN(CCCNc2cc(=O)[nH]c(=O)n2C)CC1. The minimum absolute atomic E-state index is 0.381. The monoisotopic (exact) mass is 373 g/mol. The van der Waals surface area contributed by atoms with Crippen LogP contribution in [0.4, 0.5) is 11.5 Å². The number of aromatic nitrogens is 2. The Bertz CT molecular complexity index is 868. The fraction of sp³-hybridized carbons (Fsp3) is 0.474. The van der Waals surface area contributed by atoms with E-state index in [1.165, 1.54) is 10.6 Å². The van der Waals surface area contributed by atoms with E-state index in [9.17, 15) is 9.59 Å². The van der Waals surface area contributed by atoms with Gasteiger partial charge < -0.3 is 15.0 Å². The zero-order chi connectivity index (χ0) is 19.2. The second kappa shape index (κ2) is 8.77. The van der Waals surface area contributed by atoms with Crippen LogP contribution in [0.1, 0.15) is 6.42 Å². The quantitative estimate of drug-likeness (QED) is 0.696. The lowest BCUT2D eigenvalue weighted by molar-refractivity contribution is 0.256. The third-order valence-electron chi connectivity index (χ3n) is 4.92. The molecule has 1 fully saturated rings.